The van der Waals surface area contributed by atoms with Crippen molar-refractivity contribution < 1.29 is 24.5 Å². The van der Waals surface area contributed by atoms with Crippen molar-refractivity contribution in [2.24, 2.45) is 0 Å². The van der Waals surface area contributed by atoms with Gasteiger partial charge in [-0.3, -0.25) is 9.59 Å². The highest BCUT2D eigenvalue weighted by Gasteiger charge is 2.18. The van der Waals surface area contributed by atoms with Crippen LogP contribution in [0.2, 0.25) is 0 Å². The Morgan fingerprint density at radius 2 is 0.617 bits per heavy atom. The number of amides is 1. The van der Waals surface area contributed by atoms with Crippen molar-refractivity contribution in [2.45, 2.75) is 392 Å². The number of carbonyl (C=O) groups is 2. The number of hydrogen-bond acceptors (Lipinski definition) is 5. The fourth-order valence-electron chi connectivity index (χ4n) is 11.0. The fraction of sp³-hybridized carbons (Fsp3) is 0.840. The molecule has 0 aromatic rings. The summed E-state index contributed by atoms with van der Waals surface area (Å²) in [5, 5.41) is 23.2. The predicted molar refractivity (Wildman–Crippen MR) is 356 cm³/mol. The number of hydrogen-bond donors (Lipinski definition) is 3. The second-order valence-corrected chi connectivity index (χ2v) is 24.6. The molecule has 0 aromatic heterocycles. The summed E-state index contributed by atoms with van der Waals surface area (Å²) in [6.07, 6.45) is 93.0. The molecule has 0 rings (SSSR count). The average Bonchev–Trinajstić information content (AvgIpc) is 3.47. The van der Waals surface area contributed by atoms with Gasteiger partial charge in [0.2, 0.25) is 5.91 Å². The molecule has 0 aliphatic heterocycles. The summed E-state index contributed by atoms with van der Waals surface area (Å²) in [5.74, 6) is -0.0685. The molecule has 2 unspecified atom stereocenters. The molecular formula is C75H139NO5. The van der Waals surface area contributed by atoms with Gasteiger partial charge in [0.15, 0.2) is 0 Å². The highest BCUT2D eigenvalue weighted by molar-refractivity contribution is 5.76. The van der Waals surface area contributed by atoms with Crippen molar-refractivity contribution in [2.75, 3.05) is 13.2 Å². The summed E-state index contributed by atoms with van der Waals surface area (Å²) in [5.41, 5.74) is 0. The van der Waals surface area contributed by atoms with E-state index in [4.69, 9.17) is 4.74 Å². The fourth-order valence-corrected chi connectivity index (χ4v) is 11.0. The Labute approximate surface area is 505 Å². The summed E-state index contributed by atoms with van der Waals surface area (Å²) in [4.78, 5) is 24.6. The van der Waals surface area contributed by atoms with Gasteiger partial charge in [-0.1, -0.05) is 331 Å². The highest BCUT2D eigenvalue weighted by Crippen LogP contribution is 2.18. The van der Waals surface area contributed by atoms with Gasteiger partial charge >= 0.3 is 5.97 Å². The molecule has 0 saturated carbocycles. The number of nitrogens with one attached hydrogen (secondary N) is 1. The topological polar surface area (TPSA) is 95.9 Å². The molecule has 474 valence electrons. The molecule has 0 bridgehead atoms. The van der Waals surface area contributed by atoms with Gasteiger partial charge in [0.1, 0.15) is 0 Å². The number of rotatable bonds is 67. The second-order valence-electron chi connectivity index (χ2n) is 24.6. The number of unbranched alkanes of at least 4 members (excludes halogenated alkanes) is 48. The minimum atomic E-state index is -0.847. The Morgan fingerprint density at radius 3 is 0.951 bits per heavy atom. The van der Waals surface area contributed by atoms with E-state index < -0.39 is 12.1 Å². The maximum Gasteiger partial charge on any atom is 0.305 e. The van der Waals surface area contributed by atoms with Crippen LogP contribution >= 0.6 is 0 Å². The Balaban J connectivity index is 3.44. The lowest BCUT2D eigenvalue weighted by molar-refractivity contribution is -0.143. The lowest BCUT2D eigenvalue weighted by atomic mass is 10.0. The van der Waals surface area contributed by atoms with Crippen LogP contribution in [0, 0.1) is 0 Å². The number of aliphatic hydroxyl groups is 2. The molecule has 0 radical (unpaired) electrons. The Morgan fingerprint density at radius 1 is 0.346 bits per heavy atom. The van der Waals surface area contributed by atoms with Gasteiger partial charge in [-0.15, -0.1) is 0 Å². The molecule has 3 N–H and O–H groups in total. The van der Waals surface area contributed by atoms with Gasteiger partial charge in [-0.2, -0.15) is 0 Å². The zero-order valence-electron chi connectivity index (χ0n) is 54.3. The molecule has 0 heterocycles. The zero-order chi connectivity index (χ0) is 58.5. The van der Waals surface area contributed by atoms with E-state index in [0.717, 1.165) is 57.8 Å². The molecule has 0 aromatic carbocycles. The van der Waals surface area contributed by atoms with Gasteiger partial charge in [0.05, 0.1) is 25.4 Å². The Bertz CT molecular complexity index is 1400. The van der Waals surface area contributed by atoms with E-state index in [0.29, 0.717) is 19.4 Å². The summed E-state index contributed by atoms with van der Waals surface area (Å²) < 4.78 is 5.49. The third-order valence-electron chi connectivity index (χ3n) is 16.5. The molecule has 0 aliphatic rings. The third kappa shape index (κ3) is 66.6. The van der Waals surface area contributed by atoms with Crippen LogP contribution < -0.4 is 5.32 Å². The van der Waals surface area contributed by atoms with Crippen molar-refractivity contribution in [3.8, 4) is 0 Å². The molecule has 6 nitrogen and oxygen atoms in total. The monoisotopic (exact) mass is 1130 g/mol. The summed E-state index contributed by atoms with van der Waals surface area (Å²) >= 11 is 0. The summed E-state index contributed by atoms with van der Waals surface area (Å²) in [6, 6.07) is -0.631. The highest BCUT2D eigenvalue weighted by atomic mass is 16.5. The van der Waals surface area contributed by atoms with Crippen LogP contribution in [0.5, 0.6) is 0 Å². The van der Waals surface area contributed by atoms with Gasteiger partial charge in [-0.05, 0) is 96.3 Å². The van der Waals surface area contributed by atoms with Crippen LogP contribution in [0.3, 0.4) is 0 Å². The van der Waals surface area contributed by atoms with Gasteiger partial charge < -0.3 is 20.3 Å². The molecular weight excluding hydrogens is 995 g/mol. The molecule has 0 spiro atoms. The predicted octanol–water partition coefficient (Wildman–Crippen LogP) is 23.4. The van der Waals surface area contributed by atoms with E-state index in [2.05, 4.69) is 67.8 Å². The first kappa shape index (κ1) is 78.6. The molecule has 81 heavy (non-hydrogen) atoms. The quantitative estimate of drug-likeness (QED) is 0.0320. The van der Waals surface area contributed by atoms with Crippen molar-refractivity contribution in [3.05, 3.63) is 60.8 Å². The maximum absolute atomic E-state index is 12.5. The van der Waals surface area contributed by atoms with E-state index in [9.17, 15) is 19.8 Å². The maximum atomic E-state index is 12.5. The van der Waals surface area contributed by atoms with Crippen LogP contribution in [-0.2, 0) is 14.3 Å². The molecule has 0 aliphatic carbocycles. The number of aliphatic hydroxyl groups excluding tert-OH is 2. The van der Waals surface area contributed by atoms with Gasteiger partial charge in [-0.25, -0.2) is 0 Å². The zero-order valence-corrected chi connectivity index (χ0v) is 54.3. The number of carbonyl (C=O) groups excluding carboxylic acids is 2. The van der Waals surface area contributed by atoms with Crippen LogP contribution in [-0.4, -0.2) is 47.4 Å². The normalized spacial score (nSPS) is 12.9. The molecule has 2 atom stereocenters. The lowest BCUT2D eigenvalue weighted by Gasteiger charge is -2.20. The van der Waals surface area contributed by atoms with E-state index in [1.165, 1.54) is 295 Å². The van der Waals surface area contributed by atoms with Crippen LogP contribution in [0.15, 0.2) is 60.8 Å². The number of esters is 1. The third-order valence-corrected chi connectivity index (χ3v) is 16.5. The van der Waals surface area contributed by atoms with Crippen molar-refractivity contribution in [1.82, 2.24) is 5.32 Å². The first-order valence-electron chi connectivity index (χ1n) is 36.1. The minimum absolute atomic E-state index is 0.00189. The van der Waals surface area contributed by atoms with Crippen molar-refractivity contribution >= 4 is 11.9 Å². The summed E-state index contributed by atoms with van der Waals surface area (Å²) in [6.45, 7) is 4.90. The van der Waals surface area contributed by atoms with Gasteiger partial charge in [0.25, 0.3) is 0 Å². The first-order chi connectivity index (χ1) is 40.0. The number of ether oxygens (including phenoxy) is 1. The molecule has 1 amide bonds. The van der Waals surface area contributed by atoms with Crippen molar-refractivity contribution in [3.63, 3.8) is 0 Å². The molecule has 6 heteroatoms. The largest absolute Gasteiger partial charge is 0.466 e. The van der Waals surface area contributed by atoms with E-state index in [1.54, 1.807) is 6.08 Å². The van der Waals surface area contributed by atoms with E-state index in [-0.39, 0.29) is 18.5 Å². The Hall–Kier alpha value is -2.44. The van der Waals surface area contributed by atoms with Crippen LogP contribution in [0.25, 0.3) is 0 Å². The van der Waals surface area contributed by atoms with Gasteiger partial charge in [0, 0.05) is 12.8 Å². The number of allylic oxidation sites excluding steroid dienone is 9. The van der Waals surface area contributed by atoms with Crippen molar-refractivity contribution in [1.29, 1.82) is 0 Å². The lowest BCUT2D eigenvalue weighted by Crippen LogP contribution is -2.45. The van der Waals surface area contributed by atoms with E-state index in [1.807, 2.05) is 6.08 Å². The standard InChI is InChI=1S/C75H139NO5/c1-3-5-7-9-11-13-15-17-19-21-33-36-39-43-47-51-55-59-63-67-73(78)72(71-77)76-74(79)68-64-60-56-52-48-44-40-37-34-31-29-27-25-23-22-24-26-28-30-32-35-38-42-46-50-54-58-62-66-70-81-75(80)69-65-61-57-53-49-45-41-20-18-16-14-12-10-8-6-4-2/h14,16,20,22,24,28,30,41,63,67,72-73,77-78H,3-13,15,17-19,21,23,25-27,29,31-40,42-62,64-66,68-71H2,1-2H3,(H,76,79)/b16-14-,24-22-,30-28-,41-20-,67-63+. The Kier molecular flexibility index (Phi) is 67.9. The second kappa shape index (κ2) is 70.0. The minimum Gasteiger partial charge on any atom is -0.466 e. The molecule has 0 saturated heterocycles. The summed E-state index contributed by atoms with van der Waals surface area (Å²) in [7, 11) is 0. The SMILES string of the molecule is CCCCCC/C=C\C/C=C\CCCCCCCC(=O)OCCCCCCCCCCC/C=C\C/C=C\CCCCCCCCCCCCCCCC(=O)NC(CO)C(O)/C=C/CCCCCCCCCCCCCCCCCCC. The van der Waals surface area contributed by atoms with Crippen LogP contribution in [0.1, 0.15) is 380 Å². The molecule has 0 fully saturated rings. The first-order valence-corrected chi connectivity index (χ1v) is 36.1. The average molecular weight is 1130 g/mol. The van der Waals surface area contributed by atoms with Crippen LogP contribution in [0.4, 0.5) is 0 Å². The smallest absolute Gasteiger partial charge is 0.305 e. The van der Waals surface area contributed by atoms with E-state index >= 15 is 0 Å².